The summed E-state index contributed by atoms with van der Waals surface area (Å²) in [7, 11) is 0. The minimum atomic E-state index is -0.0197. The number of halogens is 1. The molecule has 2 aromatic carbocycles. The van der Waals surface area contributed by atoms with E-state index in [1.54, 1.807) is 23.1 Å². The number of para-hydroxylation sites is 1. The van der Waals surface area contributed by atoms with E-state index in [-0.39, 0.29) is 11.2 Å². The van der Waals surface area contributed by atoms with E-state index in [1.807, 2.05) is 59.3 Å². The number of thiophene rings is 1. The first-order valence-electron chi connectivity index (χ1n) is 9.08. The van der Waals surface area contributed by atoms with Crippen molar-refractivity contribution in [3.05, 3.63) is 87.6 Å². The van der Waals surface area contributed by atoms with Gasteiger partial charge in [-0.2, -0.15) is 16.4 Å². The number of carbonyl (C=O) groups is 1. The van der Waals surface area contributed by atoms with Crippen LogP contribution >= 0.6 is 34.7 Å². The molecule has 0 saturated heterocycles. The van der Waals surface area contributed by atoms with Gasteiger partial charge in [-0.25, -0.2) is 4.68 Å². The molecule has 0 fully saturated rings. The third kappa shape index (κ3) is 3.48. The van der Waals surface area contributed by atoms with Gasteiger partial charge < -0.3 is 5.32 Å². The molecule has 1 aliphatic heterocycles. The summed E-state index contributed by atoms with van der Waals surface area (Å²) in [5.41, 5.74) is 4.93. The van der Waals surface area contributed by atoms with Crippen LogP contribution in [0.1, 0.15) is 16.4 Å². The van der Waals surface area contributed by atoms with Crippen molar-refractivity contribution in [2.75, 3.05) is 11.1 Å². The van der Waals surface area contributed by atoms with Crippen LogP contribution in [-0.4, -0.2) is 21.4 Å². The SMILES string of the molecule is O=C1CS[C@H](c2ccsc2)c2c(-c3ccc(Cl)cc3)nn(-c3ccccc3)c2N1. The summed E-state index contributed by atoms with van der Waals surface area (Å²) in [5.74, 6) is 1.10. The number of nitrogens with zero attached hydrogens (tertiary/aromatic N) is 2. The van der Waals surface area contributed by atoms with Gasteiger partial charge >= 0.3 is 0 Å². The Kier molecular flexibility index (Phi) is 4.91. The molecule has 3 heterocycles. The minimum Gasteiger partial charge on any atom is -0.310 e. The largest absolute Gasteiger partial charge is 0.310 e. The highest BCUT2D eigenvalue weighted by atomic mass is 35.5. The fourth-order valence-electron chi connectivity index (χ4n) is 3.47. The molecule has 0 spiro atoms. The Morgan fingerprint density at radius 3 is 2.59 bits per heavy atom. The van der Waals surface area contributed by atoms with E-state index in [0.29, 0.717) is 10.8 Å². The maximum absolute atomic E-state index is 12.5. The molecule has 7 heteroatoms. The molecule has 1 aliphatic rings. The van der Waals surface area contributed by atoms with Crippen molar-refractivity contribution < 1.29 is 4.79 Å². The predicted octanol–water partition coefficient (Wildman–Crippen LogP) is 6.03. The Balaban J connectivity index is 1.79. The van der Waals surface area contributed by atoms with Crippen LogP contribution in [0, 0.1) is 0 Å². The van der Waals surface area contributed by atoms with Crippen molar-refractivity contribution in [2.24, 2.45) is 0 Å². The minimum absolute atomic E-state index is 0.0124. The number of hydrogen-bond acceptors (Lipinski definition) is 4. The van der Waals surface area contributed by atoms with Gasteiger partial charge in [0.2, 0.25) is 5.91 Å². The van der Waals surface area contributed by atoms with Crippen LogP contribution < -0.4 is 5.32 Å². The number of anilines is 1. The lowest BCUT2D eigenvalue weighted by molar-refractivity contribution is -0.113. The van der Waals surface area contributed by atoms with Crippen LogP contribution in [0.25, 0.3) is 16.9 Å². The van der Waals surface area contributed by atoms with E-state index >= 15 is 0 Å². The Labute approximate surface area is 181 Å². The van der Waals surface area contributed by atoms with Gasteiger partial charge in [0, 0.05) is 16.1 Å². The molecular weight excluding hydrogens is 422 g/mol. The van der Waals surface area contributed by atoms with E-state index in [1.165, 1.54) is 5.56 Å². The van der Waals surface area contributed by atoms with Crippen LogP contribution in [0.2, 0.25) is 5.02 Å². The van der Waals surface area contributed by atoms with Gasteiger partial charge in [-0.15, -0.1) is 11.8 Å². The highest BCUT2D eigenvalue weighted by Gasteiger charge is 2.32. The Morgan fingerprint density at radius 2 is 1.86 bits per heavy atom. The molecule has 0 bridgehead atoms. The molecule has 2 aromatic heterocycles. The summed E-state index contributed by atoms with van der Waals surface area (Å²) in [6.07, 6.45) is 0. The van der Waals surface area contributed by atoms with Crippen molar-refractivity contribution in [1.29, 1.82) is 0 Å². The molecule has 0 radical (unpaired) electrons. The zero-order chi connectivity index (χ0) is 19.8. The van der Waals surface area contributed by atoms with Crippen LogP contribution in [0.4, 0.5) is 5.82 Å². The molecule has 0 unspecified atom stereocenters. The normalized spacial score (nSPS) is 16.2. The number of nitrogens with one attached hydrogen (secondary N) is 1. The molecule has 4 aromatic rings. The molecule has 0 aliphatic carbocycles. The summed E-state index contributed by atoms with van der Waals surface area (Å²) >= 11 is 9.40. The highest BCUT2D eigenvalue weighted by Crippen LogP contribution is 2.47. The second kappa shape index (κ2) is 7.71. The molecule has 1 N–H and O–H groups in total. The van der Waals surface area contributed by atoms with Crippen molar-refractivity contribution in [2.45, 2.75) is 5.25 Å². The van der Waals surface area contributed by atoms with Gasteiger partial charge in [0.25, 0.3) is 0 Å². The standard InChI is InChI=1S/C22H16ClN3OS2/c23-16-8-6-14(7-9-16)20-19-21(15-10-11-28-12-15)29-13-18(27)24-22(19)26(25-20)17-4-2-1-3-5-17/h1-12,21H,13H2,(H,24,27)/t21-/m1/s1. The third-order valence-corrected chi connectivity index (χ3v) is 7.01. The Hall–Kier alpha value is -2.54. The van der Waals surface area contributed by atoms with Crippen molar-refractivity contribution in [3.8, 4) is 16.9 Å². The van der Waals surface area contributed by atoms with Crippen molar-refractivity contribution >= 4 is 46.4 Å². The fraction of sp³-hybridized carbons (Fsp3) is 0.0909. The number of hydrogen-bond donors (Lipinski definition) is 1. The molecule has 4 nitrogen and oxygen atoms in total. The van der Waals surface area contributed by atoms with Gasteiger partial charge in [0.15, 0.2) is 0 Å². The zero-order valence-electron chi connectivity index (χ0n) is 15.2. The lowest BCUT2D eigenvalue weighted by Gasteiger charge is -2.14. The van der Waals surface area contributed by atoms with Gasteiger partial charge in [0.1, 0.15) is 5.82 Å². The third-order valence-electron chi connectivity index (χ3n) is 4.79. The van der Waals surface area contributed by atoms with Gasteiger partial charge in [-0.1, -0.05) is 41.9 Å². The number of amides is 1. The average molecular weight is 438 g/mol. The molecule has 1 amide bonds. The zero-order valence-corrected chi connectivity index (χ0v) is 17.6. The number of benzene rings is 2. The average Bonchev–Trinajstić information content (AvgIpc) is 3.36. The number of aromatic nitrogens is 2. The summed E-state index contributed by atoms with van der Waals surface area (Å²) in [5, 5.41) is 13.0. The molecule has 144 valence electrons. The second-order valence-electron chi connectivity index (χ2n) is 6.66. The highest BCUT2D eigenvalue weighted by molar-refractivity contribution is 8.00. The fourth-order valence-corrected chi connectivity index (χ4v) is 5.49. The lowest BCUT2D eigenvalue weighted by Crippen LogP contribution is -2.15. The molecular formula is C22H16ClN3OS2. The maximum Gasteiger partial charge on any atom is 0.235 e. The van der Waals surface area contributed by atoms with E-state index in [2.05, 4.69) is 22.1 Å². The second-order valence-corrected chi connectivity index (χ2v) is 8.97. The summed E-state index contributed by atoms with van der Waals surface area (Å²) < 4.78 is 1.84. The summed E-state index contributed by atoms with van der Waals surface area (Å²) in [4.78, 5) is 12.5. The summed E-state index contributed by atoms with van der Waals surface area (Å²) in [6.45, 7) is 0. The molecule has 5 rings (SSSR count). The lowest BCUT2D eigenvalue weighted by atomic mass is 10.0. The van der Waals surface area contributed by atoms with Crippen LogP contribution in [-0.2, 0) is 4.79 Å². The van der Waals surface area contributed by atoms with Gasteiger partial charge in [-0.3, -0.25) is 4.79 Å². The smallest absolute Gasteiger partial charge is 0.235 e. The van der Waals surface area contributed by atoms with E-state index in [0.717, 1.165) is 28.3 Å². The van der Waals surface area contributed by atoms with Crippen LogP contribution in [0.3, 0.4) is 0 Å². The van der Waals surface area contributed by atoms with Crippen LogP contribution in [0.15, 0.2) is 71.4 Å². The first-order chi connectivity index (χ1) is 14.2. The van der Waals surface area contributed by atoms with Crippen molar-refractivity contribution in [3.63, 3.8) is 0 Å². The molecule has 29 heavy (non-hydrogen) atoms. The van der Waals surface area contributed by atoms with E-state index < -0.39 is 0 Å². The van der Waals surface area contributed by atoms with Gasteiger partial charge in [-0.05, 0) is 46.7 Å². The van der Waals surface area contributed by atoms with E-state index in [4.69, 9.17) is 16.7 Å². The quantitative estimate of drug-likeness (QED) is 0.425. The molecule has 0 saturated carbocycles. The molecule has 1 atom stereocenters. The number of fused-ring (bicyclic) bond motifs is 1. The predicted molar refractivity (Wildman–Crippen MR) is 121 cm³/mol. The Bertz CT molecular complexity index is 1160. The topological polar surface area (TPSA) is 46.9 Å². The Morgan fingerprint density at radius 1 is 1.07 bits per heavy atom. The summed E-state index contributed by atoms with van der Waals surface area (Å²) in [6, 6.07) is 19.7. The maximum atomic E-state index is 12.5. The van der Waals surface area contributed by atoms with E-state index in [9.17, 15) is 4.79 Å². The van der Waals surface area contributed by atoms with Gasteiger partial charge in [0.05, 0.1) is 22.4 Å². The number of carbonyl (C=O) groups excluding carboxylic acids is 1. The first-order valence-corrected chi connectivity index (χ1v) is 11.5. The monoisotopic (exact) mass is 437 g/mol. The number of thioether (sulfide) groups is 1. The van der Waals surface area contributed by atoms with Crippen molar-refractivity contribution in [1.82, 2.24) is 9.78 Å². The van der Waals surface area contributed by atoms with Crippen LogP contribution in [0.5, 0.6) is 0 Å². The number of rotatable bonds is 3. The first kappa shape index (κ1) is 18.5.